The number of rotatable bonds is 7. The summed E-state index contributed by atoms with van der Waals surface area (Å²) in [6.07, 6.45) is 1.49. The molecule has 0 unspecified atom stereocenters. The molecule has 0 aliphatic heterocycles. The molecule has 3 aromatic carbocycles. The average Bonchev–Trinajstić information content (AvgIpc) is 2.80. The SMILES string of the molecule is COc1cc(/C=C(/C#N)C(=O)Nc2cccc(C)c2C)cc(Br)c1OCc1ccc(Cl)cc1Cl. The van der Waals surface area contributed by atoms with Crippen LogP contribution in [0.2, 0.25) is 10.0 Å². The molecule has 0 aliphatic carbocycles. The Balaban J connectivity index is 1.84. The van der Waals surface area contributed by atoms with Crippen LogP contribution in [0.25, 0.3) is 6.08 Å². The van der Waals surface area contributed by atoms with Crippen LogP contribution >= 0.6 is 39.1 Å². The first kappa shape index (κ1) is 25.6. The van der Waals surface area contributed by atoms with Crippen LogP contribution in [0.1, 0.15) is 22.3 Å². The van der Waals surface area contributed by atoms with E-state index >= 15 is 0 Å². The van der Waals surface area contributed by atoms with Crippen LogP contribution in [0.15, 0.2) is 58.6 Å². The van der Waals surface area contributed by atoms with Crippen molar-refractivity contribution >= 4 is 56.8 Å². The van der Waals surface area contributed by atoms with Crippen LogP contribution in [0.3, 0.4) is 0 Å². The molecule has 3 rings (SSSR count). The molecule has 0 fully saturated rings. The number of nitrogens with zero attached hydrogens (tertiary/aromatic N) is 1. The van der Waals surface area contributed by atoms with E-state index in [0.29, 0.717) is 37.3 Å². The van der Waals surface area contributed by atoms with E-state index in [2.05, 4.69) is 21.2 Å². The van der Waals surface area contributed by atoms with Crippen LogP contribution in [0, 0.1) is 25.2 Å². The zero-order valence-corrected chi connectivity index (χ0v) is 21.8. The van der Waals surface area contributed by atoms with Gasteiger partial charge in [0.1, 0.15) is 18.2 Å². The highest BCUT2D eigenvalue weighted by atomic mass is 79.9. The molecular formula is C26H21BrCl2N2O3. The molecule has 0 saturated heterocycles. The third-order valence-electron chi connectivity index (χ3n) is 5.17. The Morgan fingerprint density at radius 3 is 2.62 bits per heavy atom. The normalized spacial score (nSPS) is 11.0. The molecule has 34 heavy (non-hydrogen) atoms. The highest BCUT2D eigenvalue weighted by molar-refractivity contribution is 9.10. The van der Waals surface area contributed by atoms with E-state index in [1.807, 2.05) is 32.0 Å². The van der Waals surface area contributed by atoms with Gasteiger partial charge < -0.3 is 14.8 Å². The third-order valence-corrected chi connectivity index (χ3v) is 6.34. The highest BCUT2D eigenvalue weighted by Gasteiger charge is 2.15. The van der Waals surface area contributed by atoms with Crippen molar-refractivity contribution in [2.24, 2.45) is 0 Å². The predicted octanol–water partition coefficient (Wildman–Crippen LogP) is 7.51. The van der Waals surface area contributed by atoms with Gasteiger partial charge in [0.05, 0.1) is 11.6 Å². The molecule has 1 N–H and O–H groups in total. The number of carbonyl (C=O) groups is 1. The Kier molecular flexibility index (Phi) is 8.62. The number of halogens is 3. The lowest BCUT2D eigenvalue weighted by atomic mass is 10.1. The zero-order valence-electron chi connectivity index (χ0n) is 18.7. The quantitative estimate of drug-likeness (QED) is 0.240. The summed E-state index contributed by atoms with van der Waals surface area (Å²) in [4.78, 5) is 12.7. The van der Waals surface area contributed by atoms with Gasteiger partial charge in [-0.1, -0.05) is 41.4 Å². The first-order valence-electron chi connectivity index (χ1n) is 10.2. The van der Waals surface area contributed by atoms with Crippen molar-refractivity contribution < 1.29 is 14.3 Å². The Hall–Kier alpha value is -2.98. The number of aryl methyl sites for hydroxylation is 1. The minimum atomic E-state index is -0.496. The standard InChI is InChI=1S/C26H21BrCl2N2O3/c1-15-5-4-6-23(16(15)2)31-26(32)19(13-30)9-17-10-21(27)25(24(11-17)33-3)34-14-18-7-8-20(28)12-22(18)29/h4-12H,14H2,1-3H3,(H,31,32)/b19-9-. The van der Waals surface area contributed by atoms with Crippen molar-refractivity contribution in [1.29, 1.82) is 5.26 Å². The van der Waals surface area contributed by atoms with E-state index in [0.717, 1.165) is 16.7 Å². The van der Waals surface area contributed by atoms with Crippen molar-refractivity contribution in [2.75, 3.05) is 12.4 Å². The van der Waals surface area contributed by atoms with Crippen LogP contribution < -0.4 is 14.8 Å². The number of carbonyl (C=O) groups excluding carboxylic acids is 1. The smallest absolute Gasteiger partial charge is 0.266 e. The van der Waals surface area contributed by atoms with E-state index < -0.39 is 5.91 Å². The number of nitriles is 1. The number of benzene rings is 3. The molecule has 174 valence electrons. The van der Waals surface area contributed by atoms with E-state index in [1.165, 1.54) is 13.2 Å². The number of ether oxygens (including phenoxy) is 2. The fourth-order valence-electron chi connectivity index (χ4n) is 3.14. The minimum Gasteiger partial charge on any atom is -0.493 e. The Morgan fingerprint density at radius 2 is 1.94 bits per heavy atom. The molecule has 0 radical (unpaired) electrons. The van der Waals surface area contributed by atoms with Crippen LogP contribution in [-0.4, -0.2) is 13.0 Å². The molecule has 0 spiro atoms. The third kappa shape index (κ3) is 6.12. The number of anilines is 1. The largest absolute Gasteiger partial charge is 0.493 e. The first-order valence-corrected chi connectivity index (χ1v) is 11.7. The van der Waals surface area contributed by atoms with Crippen molar-refractivity contribution in [1.82, 2.24) is 0 Å². The lowest BCUT2D eigenvalue weighted by molar-refractivity contribution is -0.112. The Morgan fingerprint density at radius 1 is 1.18 bits per heavy atom. The monoisotopic (exact) mass is 558 g/mol. The fourth-order valence-corrected chi connectivity index (χ4v) is 4.18. The van der Waals surface area contributed by atoms with Gasteiger partial charge in [-0.05, 0) is 82.9 Å². The second-order valence-electron chi connectivity index (χ2n) is 7.43. The van der Waals surface area contributed by atoms with Gasteiger partial charge in [0, 0.05) is 21.3 Å². The van der Waals surface area contributed by atoms with Crippen molar-refractivity contribution in [2.45, 2.75) is 20.5 Å². The van der Waals surface area contributed by atoms with Gasteiger partial charge in [-0.15, -0.1) is 0 Å². The summed E-state index contributed by atoms with van der Waals surface area (Å²) in [5, 5.41) is 13.4. The van der Waals surface area contributed by atoms with Gasteiger partial charge in [0.2, 0.25) is 0 Å². The molecule has 0 bridgehead atoms. The van der Waals surface area contributed by atoms with Gasteiger partial charge in [-0.3, -0.25) is 4.79 Å². The molecule has 8 heteroatoms. The summed E-state index contributed by atoms with van der Waals surface area (Å²) >= 11 is 15.7. The summed E-state index contributed by atoms with van der Waals surface area (Å²) in [5.74, 6) is 0.394. The first-order chi connectivity index (χ1) is 16.2. The lowest BCUT2D eigenvalue weighted by Crippen LogP contribution is -2.14. The van der Waals surface area contributed by atoms with Crippen LogP contribution in [0.5, 0.6) is 11.5 Å². The number of hydrogen-bond donors (Lipinski definition) is 1. The summed E-state index contributed by atoms with van der Waals surface area (Å²) in [7, 11) is 1.51. The molecule has 0 heterocycles. The summed E-state index contributed by atoms with van der Waals surface area (Å²) in [6, 6.07) is 16.2. The average molecular weight is 560 g/mol. The topological polar surface area (TPSA) is 71.3 Å². The molecule has 0 saturated carbocycles. The summed E-state index contributed by atoms with van der Waals surface area (Å²) < 4.78 is 12.0. The molecule has 0 atom stereocenters. The molecule has 3 aromatic rings. The molecule has 0 aliphatic rings. The number of amides is 1. The predicted molar refractivity (Wildman–Crippen MR) is 140 cm³/mol. The van der Waals surface area contributed by atoms with Crippen molar-refractivity contribution in [3.05, 3.63) is 90.9 Å². The summed E-state index contributed by atoms with van der Waals surface area (Å²) in [5.41, 5.74) is 3.96. The van der Waals surface area contributed by atoms with E-state index in [1.54, 1.807) is 36.4 Å². The van der Waals surface area contributed by atoms with Gasteiger partial charge >= 0.3 is 0 Å². The molecular weight excluding hydrogens is 539 g/mol. The van der Waals surface area contributed by atoms with Gasteiger partial charge in [0.15, 0.2) is 11.5 Å². The van der Waals surface area contributed by atoms with E-state index in [4.69, 9.17) is 32.7 Å². The molecule has 1 amide bonds. The van der Waals surface area contributed by atoms with Crippen LogP contribution in [-0.2, 0) is 11.4 Å². The number of hydrogen-bond acceptors (Lipinski definition) is 4. The number of nitrogens with one attached hydrogen (secondary N) is 1. The fraction of sp³-hybridized carbons (Fsp3) is 0.154. The van der Waals surface area contributed by atoms with Gasteiger partial charge in [0.25, 0.3) is 5.91 Å². The maximum atomic E-state index is 12.7. The van der Waals surface area contributed by atoms with Gasteiger partial charge in [-0.25, -0.2) is 0 Å². The minimum absolute atomic E-state index is 0.0449. The Labute approximate surface area is 217 Å². The second-order valence-corrected chi connectivity index (χ2v) is 9.13. The van der Waals surface area contributed by atoms with Gasteiger partial charge in [-0.2, -0.15) is 5.26 Å². The second kappa shape index (κ2) is 11.4. The highest BCUT2D eigenvalue weighted by Crippen LogP contribution is 2.38. The van der Waals surface area contributed by atoms with Crippen molar-refractivity contribution in [3.8, 4) is 17.6 Å². The zero-order chi connectivity index (χ0) is 24.8. The van der Waals surface area contributed by atoms with E-state index in [9.17, 15) is 10.1 Å². The lowest BCUT2D eigenvalue weighted by Gasteiger charge is -2.14. The molecule has 0 aromatic heterocycles. The maximum Gasteiger partial charge on any atom is 0.266 e. The van der Waals surface area contributed by atoms with Crippen molar-refractivity contribution in [3.63, 3.8) is 0 Å². The van der Waals surface area contributed by atoms with Crippen LogP contribution in [0.4, 0.5) is 5.69 Å². The molecule has 5 nitrogen and oxygen atoms in total. The summed E-state index contributed by atoms with van der Waals surface area (Å²) in [6.45, 7) is 4.07. The van der Waals surface area contributed by atoms with E-state index in [-0.39, 0.29) is 12.2 Å². The Bertz CT molecular complexity index is 1320. The number of methoxy groups -OCH3 is 1. The maximum absolute atomic E-state index is 12.7.